The first-order chi connectivity index (χ1) is 11.3. The van der Waals surface area contributed by atoms with Crippen LogP contribution in [0.25, 0.3) is 0 Å². The summed E-state index contributed by atoms with van der Waals surface area (Å²) in [4.78, 5) is 11.0. The minimum Gasteiger partial charge on any atom is -0.258 e. The second kappa shape index (κ2) is 7.17. The van der Waals surface area contributed by atoms with Crippen LogP contribution in [0.1, 0.15) is 5.56 Å². The summed E-state index contributed by atoms with van der Waals surface area (Å²) >= 11 is 0. The summed E-state index contributed by atoms with van der Waals surface area (Å²) in [7, 11) is -0.673. The third-order valence-electron chi connectivity index (χ3n) is 3.65. The zero-order chi connectivity index (χ0) is 16.1. The Morgan fingerprint density at radius 1 is 0.739 bits per heavy atom. The maximum Gasteiger partial charge on any atom is 0.272 e. The summed E-state index contributed by atoms with van der Waals surface area (Å²) in [5.74, 6) is 0. The molecule has 3 nitrogen and oxygen atoms in total. The van der Waals surface area contributed by atoms with Crippen LogP contribution in [0.15, 0.2) is 84.9 Å². The van der Waals surface area contributed by atoms with Gasteiger partial charge in [-0.15, -0.1) is 0 Å². The summed E-state index contributed by atoms with van der Waals surface area (Å²) in [5, 5.41) is 13.7. The van der Waals surface area contributed by atoms with E-state index in [4.69, 9.17) is 0 Å². The molecule has 0 saturated carbocycles. The van der Waals surface area contributed by atoms with Crippen LogP contribution in [0.4, 0.5) is 5.69 Å². The molecule has 0 atom stereocenters. The molecule has 0 N–H and O–H groups in total. The summed E-state index contributed by atoms with van der Waals surface area (Å²) in [6.45, 7) is 0. The number of hydrogen-bond donors (Lipinski definition) is 0. The predicted octanol–water partition coefficient (Wildman–Crippen LogP) is 4.23. The van der Waals surface area contributed by atoms with Crippen molar-refractivity contribution in [3.8, 4) is 0 Å². The van der Waals surface area contributed by atoms with E-state index in [-0.39, 0.29) is 10.6 Å². The SMILES string of the molecule is O=[N+]([O-])c1ccccc1CP(c1ccccc1)c1ccccc1. The van der Waals surface area contributed by atoms with E-state index < -0.39 is 7.92 Å². The Hall–Kier alpha value is -2.51. The van der Waals surface area contributed by atoms with Crippen LogP contribution in [0, 0.1) is 10.1 Å². The van der Waals surface area contributed by atoms with Crippen molar-refractivity contribution in [1.82, 2.24) is 0 Å². The van der Waals surface area contributed by atoms with Gasteiger partial charge < -0.3 is 0 Å². The molecule has 0 aliphatic rings. The maximum absolute atomic E-state index is 11.3. The molecule has 0 saturated heterocycles. The molecule has 0 radical (unpaired) electrons. The lowest BCUT2D eigenvalue weighted by molar-refractivity contribution is -0.385. The fraction of sp³-hybridized carbons (Fsp3) is 0.0526. The van der Waals surface area contributed by atoms with Crippen LogP contribution in [0.3, 0.4) is 0 Å². The molecule has 0 amide bonds. The van der Waals surface area contributed by atoms with E-state index in [1.165, 1.54) is 10.6 Å². The number of hydrogen-bond acceptors (Lipinski definition) is 2. The molecule has 23 heavy (non-hydrogen) atoms. The highest BCUT2D eigenvalue weighted by molar-refractivity contribution is 7.72. The molecule has 0 aliphatic heterocycles. The van der Waals surface area contributed by atoms with E-state index in [0.717, 1.165) is 5.56 Å². The van der Waals surface area contributed by atoms with Crippen molar-refractivity contribution in [3.63, 3.8) is 0 Å². The first kappa shape index (κ1) is 15.4. The summed E-state index contributed by atoms with van der Waals surface area (Å²) in [5.41, 5.74) is 0.989. The quantitative estimate of drug-likeness (QED) is 0.401. The number of nitrogens with zero attached hydrogens (tertiary/aromatic N) is 1. The Morgan fingerprint density at radius 2 is 1.22 bits per heavy atom. The van der Waals surface area contributed by atoms with Gasteiger partial charge in [0.2, 0.25) is 0 Å². The van der Waals surface area contributed by atoms with Gasteiger partial charge in [-0.25, -0.2) is 0 Å². The molecule has 0 unspecified atom stereocenters. The smallest absolute Gasteiger partial charge is 0.258 e. The lowest BCUT2D eigenvalue weighted by Crippen LogP contribution is -2.13. The minimum atomic E-state index is -0.673. The fourth-order valence-corrected chi connectivity index (χ4v) is 4.88. The van der Waals surface area contributed by atoms with E-state index in [2.05, 4.69) is 24.3 Å². The van der Waals surface area contributed by atoms with Crippen molar-refractivity contribution < 1.29 is 4.92 Å². The van der Waals surface area contributed by atoms with Crippen LogP contribution in [-0.2, 0) is 6.16 Å². The Labute approximate surface area is 136 Å². The average Bonchev–Trinajstić information content (AvgIpc) is 2.61. The highest BCUT2D eigenvalue weighted by Gasteiger charge is 2.19. The van der Waals surface area contributed by atoms with Crippen molar-refractivity contribution >= 4 is 24.2 Å². The average molecular weight is 321 g/mol. The van der Waals surface area contributed by atoms with Crippen LogP contribution in [0.2, 0.25) is 0 Å². The molecule has 4 heteroatoms. The van der Waals surface area contributed by atoms with Gasteiger partial charge in [-0.1, -0.05) is 78.9 Å². The van der Waals surface area contributed by atoms with Crippen molar-refractivity contribution in [2.45, 2.75) is 6.16 Å². The van der Waals surface area contributed by atoms with Crippen molar-refractivity contribution in [2.24, 2.45) is 0 Å². The standard InChI is InChI=1S/C19H16NO2P/c21-20(22)19-14-8-7-9-16(19)15-23(17-10-3-1-4-11-17)18-12-5-2-6-13-18/h1-14H,15H2. The highest BCUT2D eigenvalue weighted by Crippen LogP contribution is 2.39. The van der Waals surface area contributed by atoms with Gasteiger partial charge in [0.1, 0.15) is 0 Å². The number of nitro benzene ring substituents is 1. The first-order valence-corrected chi connectivity index (χ1v) is 8.88. The molecule has 0 spiro atoms. The molecule has 3 aromatic carbocycles. The van der Waals surface area contributed by atoms with Gasteiger partial charge in [-0.3, -0.25) is 10.1 Å². The topological polar surface area (TPSA) is 43.1 Å². The van der Waals surface area contributed by atoms with Crippen LogP contribution in [0.5, 0.6) is 0 Å². The van der Waals surface area contributed by atoms with Gasteiger partial charge in [0.15, 0.2) is 0 Å². The summed E-state index contributed by atoms with van der Waals surface area (Å²) in [6, 6.07) is 27.5. The molecular formula is C19H16NO2P. The summed E-state index contributed by atoms with van der Waals surface area (Å²) < 4.78 is 0. The third kappa shape index (κ3) is 3.64. The summed E-state index contributed by atoms with van der Waals surface area (Å²) in [6.07, 6.45) is 0.667. The molecule has 0 heterocycles. The van der Waals surface area contributed by atoms with Crippen LogP contribution in [-0.4, -0.2) is 4.92 Å². The van der Waals surface area contributed by atoms with E-state index >= 15 is 0 Å². The normalized spacial score (nSPS) is 10.7. The number of benzene rings is 3. The van der Waals surface area contributed by atoms with Gasteiger partial charge in [0.05, 0.1) is 4.92 Å². The van der Waals surface area contributed by atoms with Gasteiger partial charge in [-0.05, 0) is 18.5 Å². The zero-order valence-corrected chi connectivity index (χ0v) is 13.4. The minimum absolute atomic E-state index is 0.201. The molecule has 0 fully saturated rings. The predicted molar refractivity (Wildman–Crippen MR) is 95.9 cm³/mol. The first-order valence-electron chi connectivity index (χ1n) is 7.35. The van der Waals surface area contributed by atoms with Gasteiger partial charge in [0, 0.05) is 17.8 Å². The Kier molecular flexibility index (Phi) is 4.80. The second-order valence-corrected chi connectivity index (χ2v) is 7.35. The molecule has 114 valence electrons. The van der Waals surface area contributed by atoms with Crippen LogP contribution >= 0.6 is 7.92 Å². The highest BCUT2D eigenvalue weighted by atomic mass is 31.1. The second-order valence-electron chi connectivity index (χ2n) is 5.14. The largest absolute Gasteiger partial charge is 0.272 e. The van der Waals surface area contributed by atoms with E-state index in [9.17, 15) is 10.1 Å². The van der Waals surface area contributed by atoms with Crippen LogP contribution < -0.4 is 10.6 Å². The lowest BCUT2D eigenvalue weighted by atomic mass is 10.2. The number of rotatable bonds is 5. The Balaban J connectivity index is 2.02. The van der Waals surface area contributed by atoms with Gasteiger partial charge >= 0.3 is 0 Å². The Bertz CT molecular complexity index is 751. The van der Waals surface area contributed by atoms with Gasteiger partial charge in [-0.2, -0.15) is 0 Å². The monoisotopic (exact) mass is 321 g/mol. The molecule has 3 rings (SSSR count). The third-order valence-corrected chi connectivity index (χ3v) is 6.15. The van der Waals surface area contributed by atoms with Crippen molar-refractivity contribution in [2.75, 3.05) is 0 Å². The molecular weight excluding hydrogens is 305 g/mol. The molecule has 0 aliphatic carbocycles. The molecule has 0 bridgehead atoms. The fourth-order valence-electron chi connectivity index (χ4n) is 2.54. The van der Waals surface area contributed by atoms with E-state index in [0.29, 0.717) is 6.16 Å². The molecule has 0 aromatic heterocycles. The van der Waals surface area contributed by atoms with Gasteiger partial charge in [0.25, 0.3) is 5.69 Å². The maximum atomic E-state index is 11.3. The van der Waals surface area contributed by atoms with E-state index in [1.54, 1.807) is 12.1 Å². The van der Waals surface area contributed by atoms with Crippen molar-refractivity contribution in [1.29, 1.82) is 0 Å². The van der Waals surface area contributed by atoms with E-state index in [1.807, 2.05) is 48.5 Å². The Morgan fingerprint density at radius 3 is 1.74 bits per heavy atom. The molecule has 3 aromatic rings. The van der Waals surface area contributed by atoms with Crippen molar-refractivity contribution in [3.05, 3.63) is 101 Å². The lowest BCUT2D eigenvalue weighted by Gasteiger charge is -2.18. The number of para-hydroxylation sites is 1. The number of nitro groups is 1. The zero-order valence-electron chi connectivity index (χ0n) is 12.5.